The van der Waals surface area contributed by atoms with Gasteiger partial charge in [-0.3, -0.25) is 9.69 Å². The van der Waals surface area contributed by atoms with Gasteiger partial charge in [0.1, 0.15) is 0 Å². The molecule has 2 aliphatic heterocycles. The Bertz CT molecular complexity index is 372. The van der Waals surface area contributed by atoms with Crippen LogP contribution in [0.1, 0.15) is 26.7 Å². The van der Waals surface area contributed by atoms with Crippen molar-refractivity contribution < 1.29 is 4.79 Å². The van der Waals surface area contributed by atoms with Crippen molar-refractivity contribution >= 4 is 5.91 Å². The third-order valence-electron chi connectivity index (χ3n) is 4.84. The molecule has 1 atom stereocenters. The molecular weight excluding hydrogens is 250 g/mol. The molecule has 0 aromatic heterocycles. The zero-order valence-corrected chi connectivity index (χ0v) is 12.8. The van der Waals surface area contributed by atoms with E-state index in [1.165, 1.54) is 6.42 Å². The molecule has 2 aliphatic rings. The van der Waals surface area contributed by atoms with Crippen molar-refractivity contribution in [3.63, 3.8) is 0 Å². The van der Waals surface area contributed by atoms with Crippen molar-refractivity contribution in [2.75, 3.05) is 45.8 Å². The summed E-state index contributed by atoms with van der Waals surface area (Å²) in [5.41, 5.74) is -0.262. The normalized spacial score (nSPS) is 25.2. The van der Waals surface area contributed by atoms with Crippen LogP contribution < -0.4 is 5.32 Å². The van der Waals surface area contributed by atoms with Crippen molar-refractivity contribution in [2.45, 2.75) is 26.7 Å². The Hall–Kier alpha value is -1.05. The average Bonchev–Trinajstić information content (AvgIpc) is 2.48. The summed E-state index contributed by atoms with van der Waals surface area (Å²) < 4.78 is 0. The van der Waals surface area contributed by atoms with E-state index in [0.29, 0.717) is 18.4 Å². The van der Waals surface area contributed by atoms with Crippen molar-refractivity contribution in [2.24, 2.45) is 11.3 Å². The molecule has 0 bridgehead atoms. The maximum absolute atomic E-state index is 12.8. The van der Waals surface area contributed by atoms with E-state index in [-0.39, 0.29) is 5.41 Å². The van der Waals surface area contributed by atoms with Gasteiger partial charge in [-0.15, -0.1) is 6.42 Å². The van der Waals surface area contributed by atoms with Gasteiger partial charge < -0.3 is 10.2 Å². The van der Waals surface area contributed by atoms with E-state index in [2.05, 4.69) is 30.0 Å². The fourth-order valence-electron chi connectivity index (χ4n) is 3.29. The van der Waals surface area contributed by atoms with E-state index in [9.17, 15) is 4.79 Å². The van der Waals surface area contributed by atoms with E-state index < -0.39 is 0 Å². The Kier molecular flexibility index (Phi) is 5.06. The van der Waals surface area contributed by atoms with Crippen LogP contribution in [0, 0.1) is 23.7 Å². The summed E-state index contributed by atoms with van der Waals surface area (Å²) in [5.74, 6) is 3.44. The summed E-state index contributed by atoms with van der Waals surface area (Å²) in [4.78, 5) is 17.1. The number of nitrogens with zero attached hydrogens (tertiary/aromatic N) is 2. The highest BCUT2D eigenvalue weighted by molar-refractivity contribution is 5.82. The first-order chi connectivity index (χ1) is 9.55. The zero-order chi connectivity index (χ0) is 14.6. The molecule has 0 aromatic carbocycles. The lowest BCUT2D eigenvalue weighted by Gasteiger charge is -2.42. The molecule has 0 aromatic rings. The largest absolute Gasteiger partial charge is 0.340 e. The molecule has 2 heterocycles. The molecule has 2 fully saturated rings. The van der Waals surface area contributed by atoms with E-state index in [1.807, 2.05) is 4.90 Å². The highest BCUT2D eigenvalue weighted by atomic mass is 16.2. The Morgan fingerprint density at radius 2 is 2.05 bits per heavy atom. The van der Waals surface area contributed by atoms with Crippen LogP contribution in [0.15, 0.2) is 0 Å². The number of terminal acetylenes is 1. The van der Waals surface area contributed by atoms with Crippen LogP contribution in [-0.4, -0.2) is 61.5 Å². The predicted octanol–water partition coefficient (Wildman–Crippen LogP) is 0.790. The molecule has 20 heavy (non-hydrogen) atoms. The van der Waals surface area contributed by atoms with Crippen molar-refractivity contribution in [1.29, 1.82) is 0 Å². The smallest absolute Gasteiger partial charge is 0.228 e. The van der Waals surface area contributed by atoms with Crippen LogP contribution >= 0.6 is 0 Å². The van der Waals surface area contributed by atoms with Crippen molar-refractivity contribution in [1.82, 2.24) is 15.1 Å². The fourth-order valence-corrected chi connectivity index (χ4v) is 3.29. The predicted molar refractivity (Wildman–Crippen MR) is 81.2 cm³/mol. The van der Waals surface area contributed by atoms with E-state index >= 15 is 0 Å². The summed E-state index contributed by atoms with van der Waals surface area (Å²) in [6.45, 7) is 10.4. The second kappa shape index (κ2) is 6.60. The van der Waals surface area contributed by atoms with E-state index in [1.54, 1.807) is 0 Å². The van der Waals surface area contributed by atoms with Gasteiger partial charge in [0, 0.05) is 31.6 Å². The Balaban J connectivity index is 1.92. The van der Waals surface area contributed by atoms with Gasteiger partial charge in [-0.05, 0) is 31.8 Å². The van der Waals surface area contributed by atoms with Crippen LogP contribution in [0.3, 0.4) is 0 Å². The SMILES string of the molecule is C#CCN1CCN(C(=O)C(C)(C)C2CCCNC2)CC1. The second-order valence-corrected chi connectivity index (χ2v) is 6.54. The van der Waals surface area contributed by atoms with Crippen LogP contribution in [0.2, 0.25) is 0 Å². The zero-order valence-electron chi connectivity index (χ0n) is 12.8. The Labute approximate surface area is 122 Å². The molecule has 0 aliphatic carbocycles. The summed E-state index contributed by atoms with van der Waals surface area (Å²) >= 11 is 0. The molecule has 1 unspecified atom stereocenters. The molecule has 0 radical (unpaired) electrons. The van der Waals surface area contributed by atoms with E-state index in [4.69, 9.17) is 6.42 Å². The van der Waals surface area contributed by atoms with Crippen molar-refractivity contribution in [3.8, 4) is 12.3 Å². The van der Waals surface area contributed by atoms with Crippen LogP contribution in [0.4, 0.5) is 0 Å². The highest BCUT2D eigenvalue weighted by Crippen LogP contribution is 2.33. The summed E-state index contributed by atoms with van der Waals surface area (Å²) in [5, 5.41) is 3.42. The fraction of sp³-hybridized carbons (Fsp3) is 0.812. The molecule has 112 valence electrons. The van der Waals surface area contributed by atoms with Crippen LogP contribution in [0.25, 0.3) is 0 Å². The molecule has 4 heteroatoms. The van der Waals surface area contributed by atoms with Crippen LogP contribution in [-0.2, 0) is 4.79 Å². The minimum atomic E-state index is -0.262. The monoisotopic (exact) mass is 277 g/mol. The van der Waals surface area contributed by atoms with Gasteiger partial charge in [0.2, 0.25) is 5.91 Å². The lowest BCUT2D eigenvalue weighted by molar-refractivity contribution is -0.145. The Morgan fingerprint density at radius 1 is 1.35 bits per heavy atom. The molecule has 2 saturated heterocycles. The van der Waals surface area contributed by atoms with E-state index in [0.717, 1.165) is 45.7 Å². The van der Waals surface area contributed by atoms with Gasteiger partial charge in [-0.1, -0.05) is 19.8 Å². The molecule has 1 N–H and O–H groups in total. The number of hydrogen-bond donors (Lipinski definition) is 1. The first-order valence-electron chi connectivity index (χ1n) is 7.71. The molecule has 0 saturated carbocycles. The van der Waals surface area contributed by atoms with Crippen molar-refractivity contribution in [3.05, 3.63) is 0 Å². The minimum Gasteiger partial charge on any atom is -0.340 e. The number of piperazine rings is 1. The third kappa shape index (κ3) is 3.34. The third-order valence-corrected chi connectivity index (χ3v) is 4.84. The van der Waals surface area contributed by atoms with Crippen LogP contribution in [0.5, 0.6) is 0 Å². The van der Waals surface area contributed by atoms with Gasteiger partial charge in [0.25, 0.3) is 0 Å². The number of nitrogens with one attached hydrogen (secondary N) is 1. The molecule has 2 rings (SSSR count). The summed E-state index contributed by atoms with van der Waals surface area (Å²) in [7, 11) is 0. The molecular formula is C16H27N3O. The molecule has 1 amide bonds. The van der Waals surface area contributed by atoms with Gasteiger partial charge in [0.15, 0.2) is 0 Å². The lowest BCUT2D eigenvalue weighted by atomic mass is 9.74. The molecule has 0 spiro atoms. The average molecular weight is 277 g/mol. The number of piperidine rings is 1. The quantitative estimate of drug-likeness (QED) is 0.775. The first kappa shape index (κ1) is 15.3. The Morgan fingerprint density at radius 3 is 2.60 bits per heavy atom. The topological polar surface area (TPSA) is 35.6 Å². The van der Waals surface area contributed by atoms with Gasteiger partial charge in [0.05, 0.1) is 6.54 Å². The maximum Gasteiger partial charge on any atom is 0.228 e. The lowest BCUT2D eigenvalue weighted by Crippen LogP contribution is -2.54. The first-order valence-corrected chi connectivity index (χ1v) is 7.71. The number of hydrogen-bond acceptors (Lipinski definition) is 3. The minimum absolute atomic E-state index is 0.262. The van der Waals surface area contributed by atoms with Gasteiger partial charge >= 0.3 is 0 Å². The number of amides is 1. The van der Waals surface area contributed by atoms with Gasteiger partial charge in [-0.25, -0.2) is 0 Å². The van der Waals surface area contributed by atoms with Gasteiger partial charge in [-0.2, -0.15) is 0 Å². The maximum atomic E-state index is 12.8. The summed E-state index contributed by atoms with van der Waals surface area (Å²) in [6.07, 6.45) is 7.67. The highest BCUT2D eigenvalue weighted by Gasteiger charge is 2.40. The number of carbonyl (C=O) groups excluding carboxylic acids is 1. The standard InChI is InChI=1S/C16H27N3O/c1-4-8-18-9-11-19(12-10-18)15(20)16(2,3)14-6-5-7-17-13-14/h1,14,17H,5-13H2,2-3H3. The summed E-state index contributed by atoms with van der Waals surface area (Å²) in [6, 6.07) is 0. The number of carbonyl (C=O) groups is 1. The number of rotatable bonds is 3. The molecule has 4 nitrogen and oxygen atoms in total. The second-order valence-electron chi connectivity index (χ2n) is 6.54.